The SMILES string of the molecule is CC(C)[C@H](NC(=O)[C@H](C)NC(=O)[C@H](Cc1cnc[nH]1)NC(=O)[C@H](CO)NC(=O)[C@H](CS)NC(=O)O)C(=O)N[C@@H](CO)C(=O)N[C@@H](CS)C(N)=O. The van der Waals surface area contributed by atoms with Crippen molar-refractivity contribution in [2.75, 3.05) is 24.7 Å². The van der Waals surface area contributed by atoms with E-state index in [0.29, 0.717) is 5.69 Å². The topological polar surface area (TPSA) is 336 Å². The van der Waals surface area contributed by atoms with Gasteiger partial charge in [-0.25, -0.2) is 9.78 Å². The fourth-order valence-electron chi connectivity index (χ4n) is 4.03. The van der Waals surface area contributed by atoms with Crippen LogP contribution in [0, 0.1) is 5.92 Å². The average molecular weight is 749 g/mol. The summed E-state index contributed by atoms with van der Waals surface area (Å²) in [5, 5.41) is 44.2. The van der Waals surface area contributed by atoms with Crippen molar-refractivity contribution in [3.63, 3.8) is 0 Å². The number of aromatic nitrogens is 2. The highest BCUT2D eigenvalue weighted by molar-refractivity contribution is 7.80. The van der Waals surface area contributed by atoms with Crippen LogP contribution in [0.2, 0.25) is 0 Å². The van der Waals surface area contributed by atoms with E-state index in [-0.39, 0.29) is 17.9 Å². The van der Waals surface area contributed by atoms with E-state index in [0.717, 1.165) is 0 Å². The van der Waals surface area contributed by atoms with Crippen LogP contribution in [0.1, 0.15) is 26.5 Å². The molecule has 0 aliphatic carbocycles. The van der Waals surface area contributed by atoms with Gasteiger partial charge in [-0.1, -0.05) is 13.8 Å². The number of amides is 8. The second kappa shape index (κ2) is 21.5. The molecule has 0 aliphatic heterocycles. The number of carbonyl (C=O) groups excluding carboxylic acids is 7. The summed E-state index contributed by atoms with van der Waals surface area (Å²) in [6, 6.07) is -9.67. The Morgan fingerprint density at radius 1 is 0.700 bits per heavy atom. The number of imidazole rings is 1. The quantitative estimate of drug-likeness (QED) is 0.0524. The number of carboxylic acid groups (broad SMARTS) is 1. The molecule has 1 aromatic heterocycles. The maximum Gasteiger partial charge on any atom is 0.405 e. The van der Waals surface area contributed by atoms with Gasteiger partial charge in [0.2, 0.25) is 41.4 Å². The van der Waals surface area contributed by atoms with E-state index in [1.54, 1.807) is 13.8 Å². The van der Waals surface area contributed by atoms with Gasteiger partial charge in [-0.05, 0) is 12.8 Å². The van der Waals surface area contributed by atoms with Crippen LogP contribution in [0.4, 0.5) is 4.79 Å². The van der Waals surface area contributed by atoms with Gasteiger partial charge in [0, 0.05) is 29.8 Å². The van der Waals surface area contributed by atoms with Crippen molar-refractivity contribution in [3.8, 4) is 0 Å². The van der Waals surface area contributed by atoms with E-state index in [4.69, 9.17) is 10.8 Å². The van der Waals surface area contributed by atoms with Gasteiger partial charge in [-0.3, -0.25) is 33.6 Å². The zero-order chi connectivity index (χ0) is 38.1. The summed E-state index contributed by atoms with van der Waals surface area (Å²) in [7, 11) is 0. The number of aliphatic hydroxyl groups is 2. The molecule has 1 rings (SSSR count). The zero-order valence-electron chi connectivity index (χ0n) is 27.3. The van der Waals surface area contributed by atoms with Crippen molar-refractivity contribution < 1.29 is 53.7 Å². The van der Waals surface area contributed by atoms with Gasteiger partial charge in [-0.15, -0.1) is 0 Å². The maximum atomic E-state index is 13.3. The Labute approximate surface area is 297 Å². The molecular weight excluding hydrogens is 704 g/mol. The molecule has 50 heavy (non-hydrogen) atoms. The number of hydrogen-bond acceptors (Lipinski definition) is 13. The summed E-state index contributed by atoms with van der Waals surface area (Å²) in [6.07, 6.45) is 0.954. The zero-order valence-corrected chi connectivity index (χ0v) is 29.1. The summed E-state index contributed by atoms with van der Waals surface area (Å²) in [4.78, 5) is 107. The molecule has 0 radical (unpaired) electrons. The molecule has 0 aliphatic rings. The first-order valence-electron chi connectivity index (χ1n) is 15.0. The number of aromatic amines is 1. The number of carbonyl (C=O) groups is 8. The third-order valence-corrected chi connectivity index (χ3v) is 7.61. The molecule has 0 unspecified atom stereocenters. The van der Waals surface area contributed by atoms with Crippen molar-refractivity contribution in [2.24, 2.45) is 11.7 Å². The fraction of sp³-hybridized carbons (Fsp3) is 0.593. The molecule has 0 aromatic carbocycles. The summed E-state index contributed by atoms with van der Waals surface area (Å²) in [5.41, 5.74) is 5.56. The van der Waals surface area contributed by atoms with Gasteiger partial charge in [0.15, 0.2) is 0 Å². The molecular formula is C27H44N10O11S2. The first-order valence-corrected chi connectivity index (χ1v) is 16.3. The monoisotopic (exact) mass is 748 g/mol. The van der Waals surface area contributed by atoms with Crippen LogP contribution in [0.3, 0.4) is 0 Å². The van der Waals surface area contributed by atoms with E-state index < -0.39 is 109 Å². The number of H-pyrrole nitrogens is 1. The predicted octanol–water partition coefficient (Wildman–Crippen LogP) is -5.50. The Bertz CT molecular complexity index is 1350. The number of aliphatic hydroxyl groups excluding tert-OH is 2. The summed E-state index contributed by atoms with van der Waals surface area (Å²) in [5.74, 6) is -7.41. The molecule has 21 nitrogen and oxygen atoms in total. The van der Waals surface area contributed by atoms with Crippen LogP contribution < -0.4 is 43.0 Å². The van der Waals surface area contributed by atoms with E-state index in [1.807, 2.05) is 5.32 Å². The Morgan fingerprint density at radius 2 is 1.18 bits per heavy atom. The second-order valence-corrected chi connectivity index (χ2v) is 11.9. The number of nitrogens with one attached hydrogen (secondary N) is 8. The Hall–Kier alpha value is -4.61. The highest BCUT2D eigenvalue weighted by Gasteiger charge is 2.33. The van der Waals surface area contributed by atoms with Crippen LogP contribution in [0.15, 0.2) is 12.5 Å². The minimum Gasteiger partial charge on any atom is -0.465 e. The van der Waals surface area contributed by atoms with Gasteiger partial charge < -0.3 is 63.3 Å². The van der Waals surface area contributed by atoms with Crippen molar-refractivity contribution >= 4 is 72.7 Å². The number of nitrogens with zero attached hydrogens (tertiary/aromatic N) is 1. The average Bonchev–Trinajstić information content (AvgIpc) is 3.57. The van der Waals surface area contributed by atoms with Crippen molar-refractivity contribution in [1.82, 2.24) is 47.2 Å². The number of nitrogens with two attached hydrogens (primary N) is 1. The molecule has 1 aromatic rings. The number of hydrogen-bond donors (Lipinski definition) is 14. The van der Waals surface area contributed by atoms with Crippen LogP contribution in [0.25, 0.3) is 0 Å². The maximum absolute atomic E-state index is 13.3. The van der Waals surface area contributed by atoms with Crippen molar-refractivity contribution in [3.05, 3.63) is 18.2 Å². The van der Waals surface area contributed by atoms with Gasteiger partial charge >= 0.3 is 6.09 Å². The lowest BCUT2D eigenvalue weighted by molar-refractivity contribution is -0.136. The van der Waals surface area contributed by atoms with E-state index in [9.17, 15) is 48.6 Å². The molecule has 0 saturated carbocycles. The first-order chi connectivity index (χ1) is 23.5. The molecule has 0 fully saturated rings. The molecule has 280 valence electrons. The van der Waals surface area contributed by atoms with Gasteiger partial charge in [0.1, 0.15) is 42.3 Å². The molecule has 0 spiro atoms. The standard InChI is InChI=1S/C27H44N10O11S2/c1-11(2)19(26(46)34-16(7-39)24(44)35-17(8-49)20(28)40)37-21(41)12(3)31-22(42)14(4-13-5-29-10-30-13)32-23(43)15(6-38)33-25(45)18(9-50)36-27(47)48/h5,10-12,14-19,36,38-39,49-50H,4,6-9H2,1-3H3,(H2,28,40)(H,29,30)(H,31,42)(H,32,43)(H,33,45)(H,34,46)(H,35,44)(H,37,41)(H,47,48)/t12-,14-,15-,16-,17-,18-,19-/m0/s1. The molecule has 23 heteroatoms. The molecule has 7 atom stereocenters. The molecule has 0 bridgehead atoms. The van der Waals surface area contributed by atoms with Crippen molar-refractivity contribution in [2.45, 2.75) is 69.5 Å². The molecule has 0 saturated heterocycles. The number of primary amides is 1. The smallest absolute Gasteiger partial charge is 0.405 e. The predicted molar refractivity (Wildman–Crippen MR) is 180 cm³/mol. The lowest BCUT2D eigenvalue weighted by Gasteiger charge is -2.27. The van der Waals surface area contributed by atoms with Gasteiger partial charge in [0.05, 0.1) is 19.5 Å². The highest BCUT2D eigenvalue weighted by atomic mass is 32.1. The summed E-state index contributed by atoms with van der Waals surface area (Å²) < 4.78 is 0. The van der Waals surface area contributed by atoms with E-state index in [1.165, 1.54) is 19.4 Å². The Balaban J connectivity index is 3.04. The van der Waals surface area contributed by atoms with E-state index >= 15 is 0 Å². The van der Waals surface area contributed by atoms with Gasteiger partial charge in [0.25, 0.3) is 0 Å². The van der Waals surface area contributed by atoms with Crippen LogP contribution in [-0.2, 0) is 40.0 Å². The summed E-state index contributed by atoms with van der Waals surface area (Å²) >= 11 is 7.81. The van der Waals surface area contributed by atoms with Crippen molar-refractivity contribution in [1.29, 1.82) is 0 Å². The Kier molecular flexibility index (Phi) is 18.6. The molecule has 13 N–H and O–H groups in total. The summed E-state index contributed by atoms with van der Waals surface area (Å²) in [6.45, 7) is 2.65. The van der Waals surface area contributed by atoms with Crippen LogP contribution >= 0.6 is 25.3 Å². The largest absolute Gasteiger partial charge is 0.465 e. The first kappa shape index (κ1) is 43.4. The molecule has 8 amide bonds. The third kappa shape index (κ3) is 14.1. The Morgan fingerprint density at radius 3 is 1.62 bits per heavy atom. The lowest BCUT2D eigenvalue weighted by atomic mass is 10.0. The fourth-order valence-corrected chi connectivity index (χ4v) is 4.56. The number of rotatable bonds is 21. The molecule has 1 heterocycles. The number of thiol groups is 2. The normalized spacial score (nSPS) is 15.1. The minimum atomic E-state index is -1.62. The van der Waals surface area contributed by atoms with Crippen LogP contribution in [0.5, 0.6) is 0 Å². The van der Waals surface area contributed by atoms with Crippen LogP contribution in [-0.4, -0.2) is 140 Å². The van der Waals surface area contributed by atoms with E-state index in [2.05, 4.69) is 67.1 Å². The highest BCUT2D eigenvalue weighted by Crippen LogP contribution is 2.05. The minimum absolute atomic E-state index is 0.143. The lowest BCUT2D eigenvalue weighted by Crippen LogP contribution is -2.61. The second-order valence-electron chi connectivity index (χ2n) is 11.1. The third-order valence-electron chi connectivity index (χ3n) is 6.88. The van der Waals surface area contributed by atoms with Gasteiger partial charge in [-0.2, -0.15) is 25.3 Å².